The van der Waals surface area contributed by atoms with E-state index >= 15 is 0 Å². The van der Waals surface area contributed by atoms with Gasteiger partial charge in [-0.15, -0.1) is 0 Å². The Morgan fingerprint density at radius 3 is 2.77 bits per heavy atom. The van der Waals surface area contributed by atoms with Crippen LogP contribution >= 0.6 is 0 Å². The predicted molar refractivity (Wildman–Crippen MR) is 120 cm³/mol. The maximum atomic E-state index is 5.46. The third-order valence-corrected chi connectivity index (χ3v) is 5.73. The minimum Gasteiger partial charge on any atom is -0.493 e. The molecule has 0 radical (unpaired) electrons. The van der Waals surface area contributed by atoms with Crippen LogP contribution in [0.25, 0.3) is 16.9 Å². The summed E-state index contributed by atoms with van der Waals surface area (Å²) in [5.41, 5.74) is 6.34. The van der Waals surface area contributed by atoms with Crippen molar-refractivity contribution in [1.82, 2.24) is 19.6 Å². The van der Waals surface area contributed by atoms with Gasteiger partial charge in [0.05, 0.1) is 19.9 Å². The number of benzene rings is 1. The summed E-state index contributed by atoms with van der Waals surface area (Å²) in [4.78, 5) is 9.11. The van der Waals surface area contributed by atoms with E-state index in [-0.39, 0.29) is 0 Å². The highest BCUT2D eigenvalue weighted by molar-refractivity contribution is 5.69. The molecule has 0 saturated heterocycles. The summed E-state index contributed by atoms with van der Waals surface area (Å²) in [6, 6.07) is 12.0. The summed E-state index contributed by atoms with van der Waals surface area (Å²) in [6.07, 6.45) is 7.79. The zero-order valence-electron chi connectivity index (χ0n) is 17.8. The summed E-state index contributed by atoms with van der Waals surface area (Å²) in [5.74, 6) is 2.43. The first-order valence-corrected chi connectivity index (χ1v) is 10.5. The molecule has 1 aliphatic carbocycles. The molecule has 0 atom stereocenters. The monoisotopic (exact) mass is 415 g/mol. The van der Waals surface area contributed by atoms with Gasteiger partial charge in [0.15, 0.2) is 17.1 Å². The molecule has 1 N–H and O–H groups in total. The molecule has 1 aromatic carbocycles. The number of pyridine rings is 1. The van der Waals surface area contributed by atoms with Gasteiger partial charge in [0.2, 0.25) is 0 Å². The van der Waals surface area contributed by atoms with Gasteiger partial charge < -0.3 is 14.8 Å². The highest BCUT2D eigenvalue weighted by Gasteiger charge is 2.21. The van der Waals surface area contributed by atoms with Gasteiger partial charge in [0.1, 0.15) is 5.82 Å². The minimum atomic E-state index is 0.683. The molecule has 158 valence electrons. The van der Waals surface area contributed by atoms with E-state index < -0.39 is 0 Å². The van der Waals surface area contributed by atoms with Crippen LogP contribution in [-0.4, -0.2) is 40.3 Å². The van der Waals surface area contributed by atoms with E-state index in [9.17, 15) is 0 Å². The Hall–Kier alpha value is -3.61. The molecule has 3 aromatic heterocycles. The number of hydrogen-bond acceptors (Lipinski definition) is 6. The number of nitrogens with zero attached hydrogens (tertiary/aromatic N) is 4. The second-order valence-electron chi connectivity index (χ2n) is 7.65. The number of nitrogens with one attached hydrogen (secondary N) is 1. The van der Waals surface area contributed by atoms with E-state index in [2.05, 4.69) is 16.4 Å². The molecule has 5 rings (SSSR count). The fraction of sp³-hybridized carbons (Fsp3) is 0.292. The highest BCUT2D eigenvalue weighted by Crippen LogP contribution is 2.34. The molecular weight excluding hydrogens is 390 g/mol. The van der Waals surface area contributed by atoms with Crippen molar-refractivity contribution < 1.29 is 9.47 Å². The lowest BCUT2D eigenvalue weighted by Crippen LogP contribution is -2.13. The number of anilines is 1. The zero-order chi connectivity index (χ0) is 21.2. The molecule has 31 heavy (non-hydrogen) atoms. The van der Waals surface area contributed by atoms with Crippen molar-refractivity contribution in [3.63, 3.8) is 0 Å². The standard InChI is InChI=1S/C24H25N5O2/c1-30-21-9-8-17(13-22(21)31-2)20-14-23-27-19-7-3-6-18(19)24(29(23)28-20)26-12-10-16-5-4-11-25-15-16/h4-5,8-9,11,13-15,26H,3,6-7,10,12H2,1-2H3. The lowest BCUT2D eigenvalue weighted by molar-refractivity contribution is 0.355. The fourth-order valence-electron chi connectivity index (χ4n) is 4.18. The van der Waals surface area contributed by atoms with Crippen molar-refractivity contribution in [3.05, 3.63) is 65.6 Å². The Bertz CT molecular complexity index is 1220. The van der Waals surface area contributed by atoms with Crippen molar-refractivity contribution in [1.29, 1.82) is 0 Å². The zero-order valence-corrected chi connectivity index (χ0v) is 17.8. The predicted octanol–water partition coefficient (Wildman–Crippen LogP) is 3.95. The van der Waals surface area contributed by atoms with Crippen molar-refractivity contribution in [2.45, 2.75) is 25.7 Å². The number of rotatable bonds is 7. The number of aromatic nitrogens is 4. The van der Waals surface area contributed by atoms with E-state index in [1.54, 1.807) is 20.4 Å². The molecule has 7 heteroatoms. The van der Waals surface area contributed by atoms with Gasteiger partial charge in [-0.05, 0) is 55.5 Å². The SMILES string of the molecule is COc1ccc(-c2cc3nc4c(c(NCCc5cccnc5)n3n2)CCC4)cc1OC. The summed E-state index contributed by atoms with van der Waals surface area (Å²) < 4.78 is 12.8. The summed E-state index contributed by atoms with van der Waals surface area (Å²) in [5, 5.41) is 8.53. The molecule has 0 saturated carbocycles. The average Bonchev–Trinajstić information content (AvgIpc) is 3.46. The maximum absolute atomic E-state index is 5.46. The fourth-order valence-corrected chi connectivity index (χ4v) is 4.18. The smallest absolute Gasteiger partial charge is 0.161 e. The van der Waals surface area contributed by atoms with Crippen LogP contribution in [0.15, 0.2) is 48.8 Å². The Morgan fingerprint density at radius 2 is 1.97 bits per heavy atom. The largest absolute Gasteiger partial charge is 0.493 e. The van der Waals surface area contributed by atoms with Crippen LogP contribution in [0.5, 0.6) is 11.5 Å². The molecule has 0 aliphatic heterocycles. The lowest BCUT2D eigenvalue weighted by Gasteiger charge is -2.13. The third kappa shape index (κ3) is 3.67. The van der Waals surface area contributed by atoms with Crippen LogP contribution in [0, 0.1) is 0 Å². The first kappa shape index (κ1) is 19.4. The van der Waals surface area contributed by atoms with E-state index in [1.165, 1.54) is 16.8 Å². The molecule has 0 unspecified atom stereocenters. The van der Waals surface area contributed by atoms with Gasteiger partial charge >= 0.3 is 0 Å². The summed E-state index contributed by atoms with van der Waals surface area (Å²) in [6.45, 7) is 0.808. The summed E-state index contributed by atoms with van der Waals surface area (Å²) >= 11 is 0. The van der Waals surface area contributed by atoms with E-state index in [4.69, 9.17) is 19.6 Å². The number of aryl methyl sites for hydroxylation is 1. The maximum Gasteiger partial charge on any atom is 0.161 e. The van der Waals surface area contributed by atoms with Gasteiger partial charge in [-0.1, -0.05) is 6.07 Å². The average molecular weight is 415 g/mol. The van der Waals surface area contributed by atoms with Crippen molar-refractivity contribution in [2.24, 2.45) is 0 Å². The molecule has 0 amide bonds. The molecule has 1 aliphatic rings. The van der Waals surface area contributed by atoms with Crippen LogP contribution in [0.1, 0.15) is 23.2 Å². The molecule has 3 heterocycles. The number of fused-ring (bicyclic) bond motifs is 2. The molecule has 0 spiro atoms. The summed E-state index contributed by atoms with van der Waals surface area (Å²) in [7, 11) is 3.28. The Balaban J connectivity index is 1.50. The number of methoxy groups -OCH3 is 2. The molecule has 0 bridgehead atoms. The third-order valence-electron chi connectivity index (χ3n) is 5.73. The van der Waals surface area contributed by atoms with Gasteiger partial charge in [-0.3, -0.25) is 4.98 Å². The van der Waals surface area contributed by atoms with Gasteiger partial charge in [0, 0.05) is 41.8 Å². The second kappa shape index (κ2) is 8.26. The van der Waals surface area contributed by atoms with E-state index in [1.807, 2.05) is 41.0 Å². The van der Waals surface area contributed by atoms with Gasteiger partial charge in [0.25, 0.3) is 0 Å². The van der Waals surface area contributed by atoms with Crippen LogP contribution in [0.3, 0.4) is 0 Å². The van der Waals surface area contributed by atoms with Gasteiger partial charge in [-0.25, -0.2) is 4.98 Å². The number of hydrogen-bond donors (Lipinski definition) is 1. The first-order valence-electron chi connectivity index (χ1n) is 10.5. The topological polar surface area (TPSA) is 73.6 Å². The molecule has 7 nitrogen and oxygen atoms in total. The van der Waals surface area contributed by atoms with E-state index in [0.29, 0.717) is 11.5 Å². The van der Waals surface area contributed by atoms with E-state index in [0.717, 1.165) is 55.0 Å². The molecule has 4 aromatic rings. The lowest BCUT2D eigenvalue weighted by atomic mass is 10.1. The Labute approximate surface area is 181 Å². The quantitative estimate of drug-likeness (QED) is 0.493. The van der Waals surface area contributed by atoms with Crippen LogP contribution < -0.4 is 14.8 Å². The van der Waals surface area contributed by atoms with Gasteiger partial charge in [-0.2, -0.15) is 9.61 Å². The first-order chi connectivity index (χ1) is 15.3. The van der Waals surface area contributed by atoms with Crippen LogP contribution in [-0.2, 0) is 19.3 Å². The highest BCUT2D eigenvalue weighted by atomic mass is 16.5. The molecular formula is C24H25N5O2. The normalized spacial score (nSPS) is 12.7. The minimum absolute atomic E-state index is 0.683. The van der Waals surface area contributed by atoms with Crippen molar-refractivity contribution in [3.8, 4) is 22.8 Å². The Morgan fingerprint density at radius 1 is 1.06 bits per heavy atom. The molecule has 0 fully saturated rings. The van der Waals surface area contributed by atoms with Crippen molar-refractivity contribution >= 4 is 11.5 Å². The van der Waals surface area contributed by atoms with Crippen LogP contribution in [0.2, 0.25) is 0 Å². The number of ether oxygens (including phenoxy) is 2. The second-order valence-corrected chi connectivity index (χ2v) is 7.65. The van der Waals surface area contributed by atoms with Crippen LogP contribution in [0.4, 0.5) is 5.82 Å². The Kier molecular flexibility index (Phi) is 5.16. The van der Waals surface area contributed by atoms with Crippen molar-refractivity contribution in [2.75, 3.05) is 26.1 Å².